The van der Waals surface area contributed by atoms with Gasteiger partial charge < -0.3 is 9.80 Å². The van der Waals surface area contributed by atoms with Crippen molar-refractivity contribution < 1.29 is 0 Å². The Labute approximate surface area is 460 Å². The molecule has 4 aliphatic heterocycles. The second-order valence-corrected chi connectivity index (χ2v) is 20.3. The van der Waals surface area contributed by atoms with Crippen LogP contribution in [-0.4, -0.2) is 35.1 Å². The van der Waals surface area contributed by atoms with Gasteiger partial charge in [-0.15, -0.1) is 0 Å². The van der Waals surface area contributed by atoms with Crippen molar-refractivity contribution in [2.45, 2.75) is 6.92 Å². The molecule has 8 nitrogen and oxygen atoms in total. The predicted octanol–water partition coefficient (Wildman–Crippen LogP) is 13.5. The first-order valence-corrected chi connectivity index (χ1v) is 26.8. The Kier molecular flexibility index (Phi) is 10.9. The first-order chi connectivity index (χ1) is 39.1. The van der Waals surface area contributed by atoms with Crippen molar-refractivity contribution in [3.05, 3.63) is 272 Å². The van der Waals surface area contributed by atoms with Gasteiger partial charge in [0.2, 0.25) is 6.71 Å². The molecule has 0 aliphatic carbocycles. The fourth-order valence-corrected chi connectivity index (χ4v) is 12.6. The topological polar surface area (TPSA) is 64.0 Å². The van der Waals surface area contributed by atoms with Crippen LogP contribution in [0.4, 0.5) is 63.0 Å². The number of aromatic nitrogens is 3. The van der Waals surface area contributed by atoms with Gasteiger partial charge >= 0.3 is 0 Å². The molecule has 370 valence electrons. The van der Waals surface area contributed by atoms with Crippen LogP contribution in [0.2, 0.25) is 0 Å². The van der Waals surface area contributed by atoms with E-state index in [0.29, 0.717) is 5.82 Å². The minimum absolute atomic E-state index is 0.166. The summed E-state index contributed by atoms with van der Waals surface area (Å²) in [6.45, 7) is 5.74. The zero-order chi connectivity index (χ0) is 52.6. The lowest BCUT2D eigenvalue weighted by Gasteiger charge is -2.46. The van der Waals surface area contributed by atoms with E-state index < -0.39 is 0 Å². The molecule has 0 amide bonds. The Morgan fingerprint density at radius 2 is 0.861 bits per heavy atom. The number of benzene rings is 9. The normalized spacial score (nSPS) is 13.7. The average molecular weight is 1010 g/mol. The van der Waals surface area contributed by atoms with Crippen molar-refractivity contribution in [1.82, 2.24) is 15.0 Å². The highest BCUT2D eigenvalue weighted by Crippen LogP contribution is 2.49. The minimum atomic E-state index is -0.298. The summed E-state index contributed by atoms with van der Waals surface area (Å²) >= 11 is 0. The maximum Gasteiger partial charge on any atom is 0.258 e. The van der Waals surface area contributed by atoms with E-state index >= 15 is 0 Å². The monoisotopic (exact) mass is 1010 g/mol. The van der Waals surface area contributed by atoms with E-state index in [1.807, 2.05) is 12.4 Å². The van der Waals surface area contributed by atoms with Gasteiger partial charge in [0.1, 0.15) is 17.5 Å². The van der Waals surface area contributed by atoms with Gasteiger partial charge in [0, 0.05) is 74.6 Å². The average Bonchev–Trinajstić information content (AvgIpc) is 3.58. The molecule has 6 heterocycles. The highest BCUT2D eigenvalue weighted by molar-refractivity contribution is 7.01. The van der Waals surface area contributed by atoms with Crippen LogP contribution in [0.5, 0.6) is 0 Å². The van der Waals surface area contributed by atoms with Crippen molar-refractivity contribution in [3.8, 4) is 33.6 Å². The molecule has 0 N–H and O–H groups in total. The van der Waals surface area contributed by atoms with Crippen LogP contribution in [0.3, 0.4) is 0 Å². The molecule has 0 bridgehead atoms. The molecular weight excluding hydrogens is 962 g/mol. The second kappa shape index (κ2) is 18.8. The summed E-state index contributed by atoms with van der Waals surface area (Å²) in [6, 6.07) is 86.7. The molecule has 9 aromatic carbocycles. The van der Waals surface area contributed by atoms with Gasteiger partial charge in [-0.05, 0) is 137 Å². The van der Waals surface area contributed by atoms with Gasteiger partial charge in [-0.25, -0.2) is 15.0 Å². The number of para-hydroxylation sites is 4. The fourth-order valence-electron chi connectivity index (χ4n) is 12.6. The third-order valence-corrected chi connectivity index (χ3v) is 16.0. The SMILES string of the molecule is C=N/C=C\C1=C(C)B2c3cc4c(cc3N(c3ccccc3)c3cc(-c5ccccc5)cc(c32)N1c1ccccc1)N(c1ccccc1)c1nc(-c2ccc(-c3ccccc3)cc2)nc2c1B4c1cccnc1N2c1ccccc1. The number of rotatable bonds is 9. The molecule has 4 aliphatic rings. The Hall–Kier alpha value is -10.3. The molecule has 15 rings (SSSR count). The molecule has 11 aromatic rings. The Morgan fingerprint density at radius 3 is 1.46 bits per heavy atom. The van der Waals surface area contributed by atoms with Crippen LogP contribution in [0.15, 0.2) is 277 Å². The third kappa shape index (κ3) is 7.40. The summed E-state index contributed by atoms with van der Waals surface area (Å²) in [5.41, 5.74) is 21.7. The van der Waals surface area contributed by atoms with Gasteiger partial charge in [-0.3, -0.25) is 14.8 Å². The first-order valence-electron chi connectivity index (χ1n) is 26.8. The zero-order valence-electron chi connectivity index (χ0n) is 43.3. The first kappa shape index (κ1) is 46.0. The molecule has 79 heavy (non-hydrogen) atoms. The molecule has 0 atom stereocenters. The molecular formula is C69H48B2N8. The lowest BCUT2D eigenvalue weighted by molar-refractivity contribution is 1.08. The number of nitrogens with zero attached hydrogens (tertiary/aromatic N) is 8. The molecule has 2 aromatic heterocycles. The highest BCUT2D eigenvalue weighted by Gasteiger charge is 2.49. The third-order valence-electron chi connectivity index (χ3n) is 16.0. The van der Waals surface area contributed by atoms with Crippen molar-refractivity contribution >= 4 is 110 Å². The predicted molar refractivity (Wildman–Crippen MR) is 330 cm³/mol. The number of hydrogen-bond acceptors (Lipinski definition) is 8. The van der Waals surface area contributed by atoms with Gasteiger partial charge in [0.25, 0.3) is 6.71 Å². The van der Waals surface area contributed by atoms with E-state index in [9.17, 15) is 0 Å². The number of allylic oxidation sites excluding steroid dienone is 2. The highest BCUT2D eigenvalue weighted by atomic mass is 15.3. The summed E-state index contributed by atoms with van der Waals surface area (Å²) in [6.07, 6.45) is 5.85. The standard InChI is InChI=1S/C69H48B2N8/c1-46-59(39-41-72-2)76(52-26-13-5-14-27-52)62-42-51(48-24-11-4-12-25-48)43-63-64(62)70(46)57-44-58-61(45-60(57)77(63)53-28-15-6-16-29-53)78(54-30-17-7-18-31-54)68-65-69(75-66(74-68)50-37-35-49(36-38-50)47-22-9-3-10-23-47)79(55-32-19-8-20-33-55)67-56(71(58)65)34-21-40-73-67/h3-45H,2H2,1H3/b41-39-. The van der Waals surface area contributed by atoms with Crippen molar-refractivity contribution in [2.75, 3.05) is 19.6 Å². The van der Waals surface area contributed by atoms with Gasteiger partial charge in [0.05, 0.1) is 0 Å². The molecule has 0 fully saturated rings. The molecule has 0 saturated heterocycles. The van der Waals surface area contributed by atoms with E-state index in [2.05, 4.69) is 287 Å². The van der Waals surface area contributed by atoms with E-state index in [1.165, 1.54) is 16.4 Å². The van der Waals surface area contributed by atoms with Crippen LogP contribution in [0.25, 0.3) is 33.6 Å². The van der Waals surface area contributed by atoms with Crippen molar-refractivity contribution in [2.24, 2.45) is 4.99 Å². The fraction of sp³-hybridized carbons (Fsp3) is 0.0145. The Balaban J connectivity index is 1.05. The van der Waals surface area contributed by atoms with E-state index in [-0.39, 0.29) is 13.4 Å². The Bertz CT molecular complexity index is 4240. The summed E-state index contributed by atoms with van der Waals surface area (Å²) in [4.78, 5) is 30.6. The molecule has 0 radical (unpaired) electrons. The second-order valence-electron chi connectivity index (χ2n) is 20.3. The number of aliphatic imine (C=N–C) groups is 1. The number of anilines is 11. The number of pyridine rings is 1. The van der Waals surface area contributed by atoms with Crippen LogP contribution < -0.4 is 46.9 Å². The van der Waals surface area contributed by atoms with E-state index in [0.717, 1.165) is 113 Å². The zero-order valence-corrected chi connectivity index (χ0v) is 43.3. The molecule has 0 unspecified atom stereocenters. The summed E-state index contributed by atoms with van der Waals surface area (Å²) in [5, 5.41) is 0. The summed E-state index contributed by atoms with van der Waals surface area (Å²) in [5.74, 6) is 3.07. The van der Waals surface area contributed by atoms with Gasteiger partial charge in [-0.2, -0.15) is 0 Å². The van der Waals surface area contributed by atoms with Gasteiger partial charge in [-0.1, -0.05) is 175 Å². The van der Waals surface area contributed by atoms with Crippen LogP contribution >= 0.6 is 0 Å². The smallest absolute Gasteiger partial charge is 0.258 e. The minimum Gasteiger partial charge on any atom is -0.312 e. The lowest BCUT2D eigenvalue weighted by Crippen LogP contribution is -2.64. The Morgan fingerprint density at radius 1 is 0.392 bits per heavy atom. The number of fused-ring (bicyclic) bond motifs is 6. The lowest BCUT2D eigenvalue weighted by atomic mass is 9.30. The van der Waals surface area contributed by atoms with Crippen LogP contribution in [-0.2, 0) is 0 Å². The molecule has 0 spiro atoms. The maximum absolute atomic E-state index is 5.77. The van der Waals surface area contributed by atoms with Crippen molar-refractivity contribution in [1.29, 1.82) is 0 Å². The van der Waals surface area contributed by atoms with Crippen molar-refractivity contribution in [3.63, 3.8) is 0 Å². The van der Waals surface area contributed by atoms with Crippen LogP contribution in [0, 0.1) is 0 Å². The molecule has 0 saturated carbocycles. The summed E-state index contributed by atoms with van der Waals surface area (Å²) < 4.78 is 0. The van der Waals surface area contributed by atoms with E-state index in [4.69, 9.17) is 15.0 Å². The summed E-state index contributed by atoms with van der Waals surface area (Å²) in [7, 11) is 0. The quantitative estimate of drug-likeness (QED) is 0.105. The largest absolute Gasteiger partial charge is 0.312 e. The molecule has 10 heteroatoms. The van der Waals surface area contributed by atoms with Gasteiger partial charge in [0.15, 0.2) is 5.82 Å². The van der Waals surface area contributed by atoms with E-state index in [1.54, 1.807) is 0 Å². The maximum atomic E-state index is 5.77. The number of hydrogen-bond donors (Lipinski definition) is 0. The van der Waals surface area contributed by atoms with Crippen LogP contribution in [0.1, 0.15) is 6.92 Å².